The fourth-order valence-electron chi connectivity index (χ4n) is 2.09. The summed E-state index contributed by atoms with van der Waals surface area (Å²) in [6.45, 7) is 0.859. The molecule has 0 amide bonds. The largest absolute Gasteiger partial charge is 0.397 e. The lowest BCUT2D eigenvalue weighted by Gasteiger charge is -2.39. The third kappa shape index (κ3) is 2.43. The molecule has 1 aliphatic carbocycles. The average Bonchev–Trinajstić information content (AvgIpc) is 2.14. The molecule has 0 radical (unpaired) electrons. The lowest BCUT2D eigenvalue weighted by Crippen LogP contribution is -2.42. The van der Waals surface area contributed by atoms with Gasteiger partial charge in [-0.05, 0) is 60.1 Å². The van der Waals surface area contributed by atoms with Crippen LogP contribution >= 0.6 is 22.6 Å². The molecule has 2 rings (SSSR count). The molecule has 3 N–H and O–H groups in total. The summed E-state index contributed by atoms with van der Waals surface area (Å²) >= 11 is 2.26. The molecular weight excluding hydrogens is 315 g/mol. The maximum absolute atomic E-state index is 9.13. The number of aliphatic hydroxyl groups is 1. The molecule has 88 valence electrons. The Kier molecular flexibility index (Phi) is 3.91. The number of nitrogen functional groups attached to an aromatic ring is 1. The molecule has 1 saturated carbocycles. The van der Waals surface area contributed by atoms with Crippen LogP contribution in [0.25, 0.3) is 0 Å². The molecule has 0 atom stereocenters. The van der Waals surface area contributed by atoms with Crippen molar-refractivity contribution in [3.63, 3.8) is 0 Å². The summed E-state index contributed by atoms with van der Waals surface area (Å²) in [6.07, 6.45) is 3.72. The number of halogens is 1. The Bertz CT molecular complexity index is 366. The van der Waals surface area contributed by atoms with Crippen LogP contribution in [-0.4, -0.2) is 24.3 Å². The van der Waals surface area contributed by atoms with Crippen LogP contribution in [0.4, 0.5) is 11.4 Å². The van der Waals surface area contributed by atoms with Crippen molar-refractivity contribution in [2.75, 3.05) is 23.8 Å². The Morgan fingerprint density at radius 1 is 1.44 bits per heavy atom. The van der Waals surface area contributed by atoms with Gasteiger partial charge in [0.15, 0.2) is 0 Å². The lowest BCUT2D eigenvalue weighted by atomic mass is 9.91. The Balaban J connectivity index is 2.23. The number of hydrogen-bond donors (Lipinski definition) is 2. The highest BCUT2D eigenvalue weighted by Crippen LogP contribution is 2.33. The second-order valence-electron chi connectivity index (χ2n) is 4.20. The molecule has 4 heteroatoms. The molecule has 1 aromatic carbocycles. The standard InChI is InChI=1S/C12H17IN2O/c13-9-4-5-12(11(14)8-9)15(6-7-16)10-2-1-3-10/h4-5,8,10,16H,1-3,6-7,14H2. The van der Waals surface area contributed by atoms with Gasteiger partial charge in [0.05, 0.1) is 18.0 Å². The number of anilines is 2. The fraction of sp³-hybridized carbons (Fsp3) is 0.500. The summed E-state index contributed by atoms with van der Waals surface area (Å²) in [5.74, 6) is 0. The third-order valence-electron chi connectivity index (χ3n) is 3.16. The Morgan fingerprint density at radius 3 is 2.69 bits per heavy atom. The minimum atomic E-state index is 0.182. The van der Waals surface area contributed by atoms with E-state index < -0.39 is 0 Å². The molecule has 1 aliphatic rings. The van der Waals surface area contributed by atoms with Crippen molar-refractivity contribution in [1.29, 1.82) is 0 Å². The van der Waals surface area contributed by atoms with E-state index in [2.05, 4.69) is 39.6 Å². The normalized spacial score (nSPS) is 15.9. The maximum Gasteiger partial charge on any atom is 0.0606 e. The van der Waals surface area contributed by atoms with Crippen LogP contribution in [0.1, 0.15) is 19.3 Å². The van der Waals surface area contributed by atoms with Gasteiger partial charge in [0.25, 0.3) is 0 Å². The van der Waals surface area contributed by atoms with E-state index >= 15 is 0 Å². The highest BCUT2D eigenvalue weighted by molar-refractivity contribution is 14.1. The van der Waals surface area contributed by atoms with Crippen LogP contribution in [0, 0.1) is 3.57 Å². The first-order valence-corrected chi connectivity index (χ1v) is 6.73. The van der Waals surface area contributed by atoms with Gasteiger partial charge in [-0.25, -0.2) is 0 Å². The number of nitrogens with zero attached hydrogens (tertiary/aromatic N) is 1. The summed E-state index contributed by atoms with van der Waals surface area (Å²) in [5.41, 5.74) is 7.92. The van der Waals surface area contributed by atoms with Gasteiger partial charge < -0.3 is 15.7 Å². The molecular formula is C12H17IN2O. The minimum absolute atomic E-state index is 0.182. The van der Waals surface area contributed by atoms with Crippen LogP contribution in [0.15, 0.2) is 18.2 Å². The van der Waals surface area contributed by atoms with Crippen molar-refractivity contribution in [1.82, 2.24) is 0 Å². The summed E-state index contributed by atoms with van der Waals surface area (Å²) in [4.78, 5) is 2.24. The third-order valence-corrected chi connectivity index (χ3v) is 3.83. The predicted molar refractivity (Wildman–Crippen MR) is 75.6 cm³/mol. The average molecular weight is 332 g/mol. The van der Waals surface area contributed by atoms with Gasteiger partial charge in [0.2, 0.25) is 0 Å². The number of nitrogens with two attached hydrogens (primary N) is 1. The van der Waals surface area contributed by atoms with Crippen LogP contribution < -0.4 is 10.6 Å². The minimum Gasteiger partial charge on any atom is -0.397 e. The first kappa shape index (κ1) is 12.0. The lowest BCUT2D eigenvalue weighted by molar-refractivity contribution is 0.284. The smallest absolute Gasteiger partial charge is 0.0606 e. The quantitative estimate of drug-likeness (QED) is 0.657. The number of rotatable bonds is 4. The molecule has 16 heavy (non-hydrogen) atoms. The van der Waals surface area contributed by atoms with Gasteiger partial charge in [-0.3, -0.25) is 0 Å². The van der Waals surface area contributed by atoms with Crippen molar-refractivity contribution < 1.29 is 5.11 Å². The molecule has 0 unspecified atom stereocenters. The summed E-state index contributed by atoms with van der Waals surface area (Å²) in [7, 11) is 0. The van der Waals surface area contributed by atoms with Gasteiger partial charge in [-0.2, -0.15) is 0 Å². The van der Waals surface area contributed by atoms with Crippen LogP contribution in [0.3, 0.4) is 0 Å². The molecule has 0 aliphatic heterocycles. The van der Waals surface area contributed by atoms with Gasteiger partial charge >= 0.3 is 0 Å². The number of hydrogen-bond acceptors (Lipinski definition) is 3. The SMILES string of the molecule is Nc1cc(I)ccc1N(CCO)C1CCC1. The summed E-state index contributed by atoms with van der Waals surface area (Å²) in [5, 5.41) is 9.13. The van der Waals surface area contributed by atoms with Crippen molar-refractivity contribution in [2.45, 2.75) is 25.3 Å². The van der Waals surface area contributed by atoms with Gasteiger partial charge in [0, 0.05) is 16.2 Å². The van der Waals surface area contributed by atoms with E-state index in [1.54, 1.807) is 0 Å². The number of benzene rings is 1. The van der Waals surface area contributed by atoms with Gasteiger partial charge in [-0.1, -0.05) is 0 Å². The van der Waals surface area contributed by atoms with E-state index in [-0.39, 0.29) is 6.61 Å². The molecule has 0 heterocycles. The van der Waals surface area contributed by atoms with E-state index in [0.29, 0.717) is 12.6 Å². The predicted octanol–water partition coefficient (Wildman–Crippen LogP) is 2.22. The Hall–Kier alpha value is -0.490. The zero-order chi connectivity index (χ0) is 11.5. The fourth-order valence-corrected chi connectivity index (χ4v) is 2.61. The van der Waals surface area contributed by atoms with Crippen LogP contribution in [-0.2, 0) is 0 Å². The van der Waals surface area contributed by atoms with E-state index in [9.17, 15) is 0 Å². The zero-order valence-electron chi connectivity index (χ0n) is 9.19. The Labute approximate surface area is 110 Å². The molecule has 0 bridgehead atoms. The molecule has 3 nitrogen and oxygen atoms in total. The van der Waals surface area contributed by atoms with Crippen LogP contribution in [0.2, 0.25) is 0 Å². The molecule has 1 fully saturated rings. The van der Waals surface area contributed by atoms with Crippen molar-refractivity contribution in [2.24, 2.45) is 0 Å². The van der Waals surface area contributed by atoms with E-state index in [4.69, 9.17) is 10.8 Å². The van der Waals surface area contributed by atoms with Crippen molar-refractivity contribution >= 4 is 34.0 Å². The molecule has 0 saturated heterocycles. The van der Waals surface area contributed by atoms with Crippen molar-refractivity contribution in [3.05, 3.63) is 21.8 Å². The van der Waals surface area contributed by atoms with Crippen LogP contribution in [0.5, 0.6) is 0 Å². The molecule has 1 aromatic rings. The maximum atomic E-state index is 9.13. The second-order valence-corrected chi connectivity index (χ2v) is 5.45. The summed E-state index contributed by atoms with van der Waals surface area (Å²) < 4.78 is 1.15. The first-order chi connectivity index (χ1) is 7.72. The van der Waals surface area contributed by atoms with E-state index in [0.717, 1.165) is 14.9 Å². The highest BCUT2D eigenvalue weighted by Gasteiger charge is 2.25. The molecule has 0 aromatic heterocycles. The van der Waals surface area contributed by atoms with Gasteiger partial charge in [0.1, 0.15) is 0 Å². The monoisotopic (exact) mass is 332 g/mol. The highest BCUT2D eigenvalue weighted by atomic mass is 127. The van der Waals surface area contributed by atoms with Crippen molar-refractivity contribution in [3.8, 4) is 0 Å². The van der Waals surface area contributed by atoms with Gasteiger partial charge in [-0.15, -0.1) is 0 Å². The van der Waals surface area contributed by atoms with E-state index in [1.165, 1.54) is 19.3 Å². The second kappa shape index (κ2) is 5.23. The van der Waals surface area contributed by atoms with E-state index in [1.807, 2.05) is 6.07 Å². The number of aliphatic hydroxyl groups excluding tert-OH is 1. The summed E-state index contributed by atoms with van der Waals surface area (Å²) in [6, 6.07) is 6.67. The Morgan fingerprint density at radius 2 is 2.19 bits per heavy atom. The molecule has 0 spiro atoms. The first-order valence-electron chi connectivity index (χ1n) is 5.65. The zero-order valence-corrected chi connectivity index (χ0v) is 11.4. The topological polar surface area (TPSA) is 49.5 Å².